The predicted molar refractivity (Wildman–Crippen MR) is 25.0 cm³/mol. The maximum absolute atomic E-state index is 8.88. The monoisotopic (exact) mass is 230 g/mol. The molecule has 0 spiro atoms. The molecule has 0 atom stereocenters. The smallest absolute Gasteiger partial charge is 0 e. The molecule has 0 amide bonds. The minimum atomic E-state index is -4.64. The molecule has 5 nitrogen and oxygen atoms in total. The van der Waals surface area contributed by atoms with E-state index in [1.807, 2.05) is 0 Å². The van der Waals surface area contributed by atoms with Gasteiger partial charge in [0.1, 0.15) is 0 Å². The molecule has 0 aliphatic heterocycles. The molecule has 0 saturated heterocycles. The van der Waals surface area contributed by atoms with Crippen LogP contribution in [0.4, 0.5) is 0 Å². The molecule has 8 heavy (non-hydrogen) atoms. The van der Waals surface area contributed by atoms with Crippen molar-refractivity contribution in [1.29, 1.82) is 0 Å². The second kappa shape index (κ2) is 8.95. The maximum Gasteiger partial charge on any atom is 0 e. The molecule has 0 aliphatic carbocycles. The Hall–Kier alpha value is 1.95. The van der Waals surface area contributed by atoms with E-state index in [1.54, 1.807) is 0 Å². The molecule has 8 heteroatoms. The molecule has 0 aromatic carbocycles. The third-order valence-electron chi connectivity index (χ3n) is 0. The van der Waals surface area contributed by atoms with Gasteiger partial charge in [0.15, 0.2) is 0 Å². The van der Waals surface area contributed by atoms with Gasteiger partial charge in [0.05, 0.1) is 0 Å². The van der Waals surface area contributed by atoms with Gasteiger partial charge in [-0.2, -0.15) is 0 Å². The Kier molecular flexibility index (Phi) is 25.2. The number of phosphoric acid groups is 1. The minimum absolute atomic E-state index is 0. The fraction of sp³-hybridized carbons (Fsp3) is 0. The van der Waals surface area contributed by atoms with Crippen LogP contribution in [-0.4, -0.2) is 49.7 Å². The van der Waals surface area contributed by atoms with E-state index < -0.39 is 7.82 Å². The first kappa shape index (κ1) is 22.5. The summed E-state index contributed by atoms with van der Waals surface area (Å²) in [7, 11) is -4.64. The standard InChI is InChI=1S/Na.H3O4P.H2O.Zr.H/c;1-5(2,3)4;;;/h;(H3,1,2,3,4);1H2;;. The molecule has 0 saturated carbocycles. The summed E-state index contributed by atoms with van der Waals surface area (Å²) in [4.78, 5) is 21.6. The van der Waals surface area contributed by atoms with Gasteiger partial charge in [0.2, 0.25) is 0 Å². The molecule has 5 N–H and O–H groups in total. The van der Waals surface area contributed by atoms with E-state index in [0.717, 1.165) is 0 Å². The third-order valence-corrected chi connectivity index (χ3v) is 0. The van der Waals surface area contributed by atoms with Gasteiger partial charge < -0.3 is 20.2 Å². The molecule has 0 fully saturated rings. The summed E-state index contributed by atoms with van der Waals surface area (Å²) >= 11 is 0. The summed E-state index contributed by atoms with van der Waals surface area (Å²) in [6.45, 7) is 0. The van der Waals surface area contributed by atoms with Crippen LogP contribution in [-0.2, 0) is 30.8 Å². The van der Waals surface area contributed by atoms with Gasteiger partial charge in [0.25, 0.3) is 0 Å². The molecule has 0 unspecified atom stereocenters. The molecule has 0 radical (unpaired) electrons. The van der Waals surface area contributed by atoms with E-state index in [2.05, 4.69) is 0 Å². The van der Waals surface area contributed by atoms with Crippen LogP contribution in [0, 0.1) is 0 Å². The van der Waals surface area contributed by atoms with Gasteiger partial charge in [-0.05, 0) is 0 Å². The van der Waals surface area contributed by atoms with Crippen LogP contribution in [0.3, 0.4) is 0 Å². The largest absolute Gasteiger partial charge is 0 e. The van der Waals surface area contributed by atoms with Crippen molar-refractivity contribution in [2.24, 2.45) is 0 Å². The van der Waals surface area contributed by atoms with Crippen LogP contribution >= 0.6 is 7.82 Å². The topological polar surface area (TPSA) is 109 Å². The van der Waals surface area contributed by atoms with Crippen LogP contribution in [0.15, 0.2) is 0 Å². The number of hydrogen-bond acceptors (Lipinski definition) is 1. The Morgan fingerprint density at radius 3 is 1.12 bits per heavy atom. The molecule has 0 aromatic rings. The SMILES string of the molecule is O.O=P(O)(O)O.[NaH].[Zr]. The molecule has 46 valence electrons. The van der Waals surface area contributed by atoms with Gasteiger partial charge in [-0.15, -0.1) is 0 Å². The van der Waals surface area contributed by atoms with Crippen LogP contribution in [0.1, 0.15) is 0 Å². The zero-order valence-electron chi connectivity index (χ0n) is 3.20. The second-order valence-corrected chi connectivity index (χ2v) is 1.54. The van der Waals surface area contributed by atoms with E-state index in [0.29, 0.717) is 0 Å². The maximum atomic E-state index is 8.88. The Bertz CT molecular complexity index is 58.6. The molecular formula is H6NaO5PZr. The first-order chi connectivity index (χ1) is 2.00. The Labute approximate surface area is 87.4 Å². The van der Waals surface area contributed by atoms with Crippen molar-refractivity contribution in [3.05, 3.63) is 0 Å². The molecule has 0 aliphatic rings. The molecule has 0 heterocycles. The zero-order valence-corrected chi connectivity index (χ0v) is 6.55. The van der Waals surface area contributed by atoms with Crippen molar-refractivity contribution < 1.29 is 50.9 Å². The van der Waals surface area contributed by atoms with Crippen molar-refractivity contribution in [1.82, 2.24) is 0 Å². The van der Waals surface area contributed by atoms with Crippen molar-refractivity contribution >= 4 is 37.4 Å². The van der Waals surface area contributed by atoms with Crippen molar-refractivity contribution in [3.63, 3.8) is 0 Å². The van der Waals surface area contributed by atoms with Crippen LogP contribution < -0.4 is 0 Å². The van der Waals surface area contributed by atoms with Crippen molar-refractivity contribution in [2.45, 2.75) is 0 Å². The Morgan fingerprint density at radius 2 is 1.12 bits per heavy atom. The molecule has 0 rings (SSSR count). The first-order valence-electron chi connectivity index (χ1n) is 0.783. The van der Waals surface area contributed by atoms with Gasteiger partial charge in [0, 0.05) is 26.2 Å². The normalized spacial score (nSPS) is 7.38. The summed E-state index contributed by atoms with van der Waals surface area (Å²) in [6.07, 6.45) is 0. The van der Waals surface area contributed by atoms with Gasteiger partial charge in [-0.1, -0.05) is 0 Å². The van der Waals surface area contributed by atoms with E-state index in [-0.39, 0.29) is 61.2 Å². The summed E-state index contributed by atoms with van der Waals surface area (Å²) in [5.74, 6) is 0. The van der Waals surface area contributed by atoms with Gasteiger partial charge >= 0.3 is 37.4 Å². The zero-order chi connectivity index (χ0) is 4.50. The Balaban J connectivity index is -0.0000000267. The fourth-order valence-corrected chi connectivity index (χ4v) is 0. The van der Waals surface area contributed by atoms with Gasteiger partial charge in [-0.3, -0.25) is 0 Å². The van der Waals surface area contributed by atoms with Gasteiger partial charge in [-0.25, -0.2) is 4.57 Å². The average Bonchev–Trinajstić information content (AvgIpc) is 0.722. The first-order valence-corrected chi connectivity index (χ1v) is 2.35. The minimum Gasteiger partial charge on any atom is 0 e. The van der Waals surface area contributed by atoms with Crippen LogP contribution in [0.5, 0.6) is 0 Å². The summed E-state index contributed by atoms with van der Waals surface area (Å²) < 4.78 is 8.88. The number of hydrogen-bond donors (Lipinski definition) is 3. The van der Waals surface area contributed by atoms with Crippen molar-refractivity contribution in [2.75, 3.05) is 0 Å². The van der Waals surface area contributed by atoms with Crippen LogP contribution in [0.2, 0.25) is 0 Å². The average molecular weight is 231 g/mol. The summed E-state index contributed by atoms with van der Waals surface area (Å²) in [5, 5.41) is 0. The van der Waals surface area contributed by atoms with E-state index in [4.69, 9.17) is 19.2 Å². The van der Waals surface area contributed by atoms with Crippen molar-refractivity contribution in [3.8, 4) is 0 Å². The fourth-order valence-electron chi connectivity index (χ4n) is 0. The second-order valence-electron chi connectivity index (χ2n) is 0.513. The predicted octanol–water partition coefficient (Wildman–Crippen LogP) is -2.40. The van der Waals surface area contributed by atoms with E-state index in [1.165, 1.54) is 0 Å². The third kappa shape index (κ3) is 101. The quantitative estimate of drug-likeness (QED) is 0.319. The molecule has 0 bridgehead atoms. The van der Waals surface area contributed by atoms with Crippen LogP contribution in [0.25, 0.3) is 0 Å². The molecule has 0 aromatic heterocycles. The van der Waals surface area contributed by atoms with E-state index in [9.17, 15) is 0 Å². The summed E-state index contributed by atoms with van der Waals surface area (Å²) in [5.41, 5.74) is 0. The number of rotatable bonds is 0. The Morgan fingerprint density at radius 1 is 1.12 bits per heavy atom. The molecular weight excluding hydrogens is 225 g/mol. The summed E-state index contributed by atoms with van der Waals surface area (Å²) in [6, 6.07) is 0. The van der Waals surface area contributed by atoms with E-state index >= 15 is 0 Å².